The van der Waals surface area contributed by atoms with E-state index in [-0.39, 0.29) is 0 Å². The summed E-state index contributed by atoms with van der Waals surface area (Å²) in [4.78, 5) is 0. The van der Waals surface area contributed by atoms with E-state index < -0.39 is 0 Å². The normalized spacial score (nSPS) is 12.7. The fourth-order valence-corrected chi connectivity index (χ4v) is 5.37. The Hall–Kier alpha value is -0.0400. The Morgan fingerprint density at radius 1 is 0.387 bits per heavy atom. The SMILES string of the molecule is CCCCCCCCCC(CCCCCCCCC)C(CC)CCCCCCCCN. The number of rotatable bonds is 26. The Kier molecular flexibility index (Phi) is 26.2. The molecule has 0 aromatic heterocycles. The van der Waals surface area contributed by atoms with E-state index in [1.165, 1.54) is 154 Å². The predicted molar refractivity (Wildman–Crippen MR) is 144 cm³/mol. The largest absolute Gasteiger partial charge is 0.330 e. The van der Waals surface area contributed by atoms with Crippen molar-refractivity contribution in [2.45, 2.75) is 175 Å². The highest BCUT2D eigenvalue weighted by Gasteiger charge is 2.19. The van der Waals surface area contributed by atoms with E-state index in [0.717, 1.165) is 18.4 Å². The minimum absolute atomic E-state index is 0.872. The van der Waals surface area contributed by atoms with Gasteiger partial charge in [-0.15, -0.1) is 0 Å². The topological polar surface area (TPSA) is 26.0 Å². The Morgan fingerprint density at radius 3 is 1.06 bits per heavy atom. The molecule has 2 N–H and O–H groups in total. The average Bonchev–Trinajstić information content (AvgIpc) is 2.78. The van der Waals surface area contributed by atoms with Crippen LogP contribution in [0.25, 0.3) is 0 Å². The molecule has 0 radical (unpaired) electrons. The van der Waals surface area contributed by atoms with Crippen LogP contribution in [0.2, 0.25) is 0 Å². The third-order valence-corrected chi connectivity index (χ3v) is 7.58. The molecule has 0 saturated heterocycles. The number of unbranched alkanes of at least 4 members (excludes halogenated alkanes) is 17. The van der Waals surface area contributed by atoms with Crippen LogP contribution < -0.4 is 5.73 Å². The molecule has 0 aromatic carbocycles. The lowest BCUT2D eigenvalue weighted by molar-refractivity contribution is 0.249. The molecule has 0 rings (SSSR count). The van der Waals surface area contributed by atoms with Crippen molar-refractivity contribution in [3.05, 3.63) is 0 Å². The minimum atomic E-state index is 0.872. The molecule has 1 atom stereocenters. The molecule has 1 heteroatoms. The van der Waals surface area contributed by atoms with Crippen molar-refractivity contribution in [2.24, 2.45) is 17.6 Å². The van der Waals surface area contributed by atoms with E-state index in [1.54, 1.807) is 0 Å². The van der Waals surface area contributed by atoms with Gasteiger partial charge in [0, 0.05) is 0 Å². The van der Waals surface area contributed by atoms with Gasteiger partial charge in [-0.25, -0.2) is 0 Å². The number of hydrogen-bond acceptors (Lipinski definition) is 1. The van der Waals surface area contributed by atoms with Gasteiger partial charge in [0.25, 0.3) is 0 Å². The van der Waals surface area contributed by atoms with Gasteiger partial charge in [0.05, 0.1) is 0 Å². The third-order valence-electron chi connectivity index (χ3n) is 7.58. The van der Waals surface area contributed by atoms with Gasteiger partial charge in [0.1, 0.15) is 0 Å². The molecular weight excluding hydrogens is 374 g/mol. The highest BCUT2D eigenvalue weighted by Crippen LogP contribution is 2.32. The Bertz CT molecular complexity index is 296. The maximum Gasteiger partial charge on any atom is -0.00773 e. The Labute approximate surface area is 199 Å². The molecule has 0 bridgehead atoms. The van der Waals surface area contributed by atoms with Gasteiger partial charge in [-0.05, 0) is 24.8 Å². The summed E-state index contributed by atoms with van der Waals surface area (Å²) in [5.41, 5.74) is 5.62. The predicted octanol–water partition coefficient (Wildman–Crippen LogP) is 10.6. The first-order chi connectivity index (χ1) is 15.3. The monoisotopic (exact) mass is 437 g/mol. The molecule has 0 aliphatic carbocycles. The summed E-state index contributed by atoms with van der Waals surface area (Å²) in [7, 11) is 0. The summed E-state index contributed by atoms with van der Waals surface area (Å²) < 4.78 is 0. The van der Waals surface area contributed by atoms with Crippen LogP contribution in [-0.2, 0) is 0 Å². The van der Waals surface area contributed by atoms with Crippen LogP contribution in [-0.4, -0.2) is 6.54 Å². The van der Waals surface area contributed by atoms with Crippen molar-refractivity contribution in [3.8, 4) is 0 Å². The van der Waals surface area contributed by atoms with Crippen molar-refractivity contribution in [2.75, 3.05) is 6.54 Å². The average molecular weight is 438 g/mol. The second kappa shape index (κ2) is 26.2. The van der Waals surface area contributed by atoms with Crippen LogP contribution in [0.1, 0.15) is 175 Å². The molecular formula is C30H63N. The van der Waals surface area contributed by atoms with E-state index >= 15 is 0 Å². The van der Waals surface area contributed by atoms with Crippen molar-refractivity contribution in [3.63, 3.8) is 0 Å². The van der Waals surface area contributed by atoms with Crippen molar-refractivity contribution in [1.29, 1.82) is 0 Å². The van der Waals surface area contributed by atoms with Gasteiger partial charge in [0.15, 0.2) is 0 Å². The zero-order valence-electron chi connectivity index (χ0n) is 22.4. The first-order valence-corrected chi connectivity index (χ1v) is 15.0. The van der Waals surface area contributed by atoms with Gasteiger partial charge in [0.2, 0.25) is 0 Å². The zero-order valence-corrected chi connectivity index (χ0v) is 22.4. The second-order valence-electron chi connectivity index (χ2n) is 10.4. The molecule has 0 heterocycles. The summed E-state index contributed by atoms with van der Waals surface area (Å²) in [6, 6.07) is 0. The van der Waals surface area contributed by atoms with Crippen LogP contribution in [0.5, 0.6) is 0 Å². The van der Waals surface area contributed by atoms with Gasteiger partial charge < -0.3 is 5.73 Å². The fraction of sp³-hybridized carbons (Fsp3) is 1.00. The number of nitrogens with two attached hydrogens (primary N) is 1. The van der Waals surface area contributed by atoms with Gasteiger partial charge in [-0.3, -0.25) is 0 Å². The van der Waals surface area contributed by atoms with E-state index in [9.17, 15) is 0 Å². The van der Waals surface area contributed by atoms with E-state index in [1.807, 2.05) is 0 Å². The first-order valence-electron chi connectivity index (χ1n) is 15.0. The summed E-state index contributed by atoms with van der Waals surface area (Å²) >= 11 is 0. The lowest BCUT2D eigenvalue weighted by Gasteiger charge is -2.27. The smallest absolute Gasteiger partial charge is 0.00773 e. The minimum Gasteiger partial charge on any atom is -0.330 e. The van der Waals surface area contributed by atoms with Crippen LogP contribution >= 0.6 is 0 Å². The fourth-order valence-electron chi connectivity index (χ4n) is 5.37. The van der Waals surface area contributed by atoms with Gasteiger partial charge >= 0.3 is 0 Å². The molecule has 188 valence electrons. The van der Waals surface area contributed by atoms with Gasteiger partial charge in [-0.2, -0.15) is 0 Å². The quantitative estimate of drug-likeness (QED) is 0.134. The van der Waals surface area contributed by atoms with E-state index in [4.69, 9.17) is 5.73 Å². The van der Waals surface area contributed by atoms with E-state index in [2.05, 4.69) is 20.8 Å². The standard InChI is InChI=1S/C30H63N/c1-4-7-9-11-13-18-22-26-30(27-23-19-14-12-10-8-5-2)29(6-3)25-21-17-15-16-20-24-28-31/h29-30H,4-28,31H2,1-3H3. The number of hydrogen-bond donors (Lipinski definition) is 1. The van der Waals surface area contributed by atoms with Crippen molar-refractivity contribution < 1.29 is 0 Å². The second-order valence-corrected chi connectivity index (χ2v) is 10.4. The first kappa shape index (κ1) is 31.0. The highest BCUT2D eigenvalue weighted by molar-refractivity contribution is 4.71. The maximum atomic E-state index is 5.62. The molecule has 1 nitrogen and oxygen atoms in total. The van der Waals surface area contributed by atoms with E-state index in [0.29, 0.717) is 0 Å². The van der Waals surface area contributed by atoms with Crippen LogP contribution in [0.15, 0.2) is 0 Å². The molecule has 0 aliphatic rings. The summed E-state index contributed by atoms with van der Waals surface area (Å²) in [5, 5.41) is 0. The maximum absolute atomic E-state index is 5.62. The Balaban J connectivity index is 4.19. The zero-order chi connectivity index (χ0) is 22.8. The third kappa shape index (κ3) is 21.6. The lowest BCUT2D eigenvalue weighted by atomic mass is 9.79. The van der Waals surface area contributed by atoms with Crippen LogP contribution in [0, 0.1) is 11.8 Å². The molecule has 0 saturated carbocycles. The Morgan fingerprint density at radius 2 is 0.710 bits per heavy atom. The molecule has 0 aromatic rings. The van der Waals surface area contributed by atoms with Crippen molar-refractivity contribution in [1.82, 2.24) is 0 Å². The van der Waals surface area contributed by atoms with Crippen LogP contribution in [0.4, 0.5) is 0 Å². The molecule has 0 spiro atoms. The molecule has 1 unspecified atom stereocenters. The van der Waals surface area contributed by atoms with Gasteiger partial charge in [-0.1, -0.05) is 168 Å². The summed E-state index contributed by atoms with van der Waals surface area (Å²) in [6.45, 7) is 7.98. The van der Waals surface area contributed by atoms with Crippen LogP contribution in [0.3, 0.4) is 0 Å². The molecule has 0 aliphatic heterocycles. The molecule has 31 heavy (non-hydrogen) atoms. The summed E-state index contributed by atoms with van der Waals surface area (Å²) in [5.74, 6) is 2.00. The molecule has 0 fully saturated rings. The molecule has 0 amide bonds. The lowest BCUT2D eigenvalue weighted by Crippen LogP contribution is -2.15. The van der Waals surface area contributed by atoms with Crippen molar-refractivity contribution >= 4 is 0 Å². The summed E-state index contributed by atoms with van der Waals surface area (Å²) in [6.07, 6.45) is 34.6. The highest BCUT2D eigenvalue weighted by atomic mass is 14.5.